The fourth-order valence-corrected chi connectivity index (χ4v) is 3.71. The second-order valence-electron chi connectivity index (χ2n) is 7.45. The van der Waals surface area contributed by atoms with Gasteiger partial charge in [0, 0.05) is 37.3 Å². The number of nitrogens with one attached hydrogen (secondary N) is 1. The van der Waals surface area contributed by atoms with Crippen LogP contribution >= 0.6 is 0 Å². The van der Waals surface area contributed by atoms with Crippen molar-refractivity contribution >= 4 is 22.5 Å². The highest BCUT2D eigenvalue weighted by Crippen LogP contribution is 2.29. The number of amides is 1. The molecule has 0 fully saturated rings. The highest BCUT2D eigenvalue weighted by atomic mass is 16.3. The molecule has 3 rings (SSSR count). The molecule has 1 atom stereocenters. The van der Waals surface area contributed by atoms with Crippen LogP contribution in [0.15, 0.2) is 40.5 Å². The maximum atomic E-state index is 12.8. The van der Waals surface area contributed by atoms with Gasteiger partial charge in [0.2, 0.25) is 0 Å². The van der Waals surface area contributed by atoms with Crippen molar-refractivity contribution in [1.29, 1.82) is 0 Å². The average molecular weight is 353 g/mol. The molecule has 0 radical (unpaired) electrons. The number of aliphatic hydroxyl groups is 1. The summed E-state index contributed by atoms with van der Waals surface area (Å²) in [5.74, 6) is 0.259. The molecule has 2 aromatic rings. The highest BCUT2D eigenvalue weighted by molar-refractivity contribution is 6.07. The second-order valence-corrected chi connectivity index (χ2v) is 7.45. The van der Waals surface area contributed by atoms with Gasteiger partial charge in [-0.25, -0.2) is 0 Å². The molecule has 5 heteroatoms. The van der Waals surface area contributed by atoms with Gasteiger partial charge in [-0.15, -0.1) is 0 Å². The first-order valence-electron chi connectivity index (χ1n) is 9.05. The van der Waals surface area contributed by atoms with Crippen LogP contribution in [0.2, 0.25) is 0 Å². The van der Waals surface area contributed by atoms with E-state index in [0.717, 1.165) is 34.2 Å². The molecule has 2 N–H and O–H groups in total. The number of carbonyl (C=O) groups excluding carboxylic acids is 1. The van der Waals surface area contributed by atoms with E-state index in [1.165, 1.54) is 5.56 Å². The number of fused-ring (bicyclic) bond motifs is 1. The van der Waals surface area contributed by atoms with Gasteiger partial charge in [-0.05, 0) is 37.0 Å². The van der Waals surface area contributed by atoms with Crippen molar-refractivity contribution in [3.05, 3.63) is 46.7 Å². The number of aliphatic hydroxyl groups excluding tert-OH is 1. The minimum Gasteiger partial charge on any atom is -0.368 e. The Balaban J connectivity index is 1.86. The van der Waals surface area contributed by atoms with Crippen LogP contribution < -0.4 is 5.32 Å². The maximum absolute atomic E-state index is 12.8. The van der Waals surface area contributed by atoms with Crippen molar-refractivity contribution in [3.8, 4) is 0 Å². The first-order chi connectivity index (χ1) is 12.3. The third kappa shape index (κ3) is 3.31. The van der Waals surface area contributed by atoms with Crippen molar-refractivity contribution in [1.82, 2.24) is 9.88 Å². The Morgan fingerprint density at radius 2 is 2.12 bits per heavy atom. The second kappa shape index (κ2) is 7.08. The van der Waals surface area contributed by atoms with Gasteiger partial charge >= 0.3 is 0 Å². The van der Waals surface area contributed by atoms with Crippen molar-refractivity contribution in [2.45, 2.75) is 46.3 Å². The number of rotatable bonds is 4. The van der Waals surface area contributed by atoms with Crippen LogP contribution in [0.5, 0.6) is 0 Å². The standard InChI is InChI=1S/C21H27N3O2/c1-12(2)18-11-24(5)19-15(18)7-6-8-16(19)20(25)22-10-17-13(3)9-14(4)23-21(17)26/h6-8,11-12,21,26H,9-10H2,1-5H3,(H,22,25). The molecule has 1 aliphatic heterocycles. The fraction of sp³-hybridized carbons (Fsp3) is 0.429. The molecule has 0 bridgehead atoms. The average Bonchev–Trinajstić information content (AvgIpc) is 2.91. The van der Waals surface area contributed by atoms with Crippen molar-refractivity contribution < 1.29 is 9.90 Å². The quantitative estimate of drug-likeness (QED) is 0.826. The third-order valence-corrected chi connectivity index (χ3v) is 5.06. The van der Waals surface area contributed by atoms with Crippen LogP contribution in [0.25, 0.3) is 10.9 Å². The van der Waals surface area contributed by atoms with Crippen LogP contribution in [-0.4, -0.2) is 34.1 Å². The number of benzene rings is 1. The van der Waals surface area contributed by atoms with E-state index < -0.39 is 6.23 Å². The number of carbonyl (C=O) groups is 1. The monoisotopic (exact) mass is 353 g/mol. The molecule has 0 saturated carbocycles. The lowest BCUT2D eigenvalue weighted by Crippen LogP contribution is -2.31. The first-order valence-corrected chi connectivity index (χ1v) is 9.05. The molecule has 0 aliphatic carbocycles. The zero-order valence-electron chi connectivity index (χ0n) is 16.1. The largest absolute Gasteiger partial charge is 0.368 e. The number of nitrogens with zero attached hydrogens (tertiary/aromatic N) is 2. The van der Waals surface area contributed by atoms with E-state index in [2.05, 4.69) is 36.4 Å². The van der Waals surface area contributed by atoms with E-state index in [9.17, 15) is 9.90 Å². The molecule has 2 heterocycles. The number of dihydropyridines is 1. The lowest BCUT2D eigenvalue weighted by molar-refractivity contribution is 0.0955. The Bertz CT molecular complexity index is 919. The van der Waals surface area contributed by atoms with Crippen LogP contribution in [0, 0.1) is 0 Å². The predicted octanol–water partition coefficient (Wildman–Crippen LogP) is 3.53. The molecule has 26 heavy (non-hydrogen) atoms. The van der Waals surface area contributed by atoms with Crippen molar-refractivity contribution in [2.75, 3.05) is 6.54 Å². The number of para-hydroxylation sites is 1. The minimum absolute atomic E-state index is 0.133. The number of allylic oxidation sites excluding steroid dienone is 1. The normalized spacial score (nSPS) is 17.8. The predicted molar refractivity (Wildman–Crippen MR) is 106 cm³/mol. The van der Waals surface area contributed by atoms with Crippen molar-refractivity contribution in [2.24, 2.45) is 12.0 Å². The zero-order chi connectivity index (χ0) is 19.0. The molecule has 138 valence electrons. The van der Waals surface area contributed by atoms with Crippen molar-refractivity contribution in [3.63, 3.8) is 0 Å². The SMILES string of the molecule is CC1=NC(O)C(CNC(=O)c2cccc3c(C(C)C)cn(C)c23)=C(C)C1. The molecule has 1 amide bonds. The summed E-state index contributed by atoms with van der Waals surface area (Å²) in [6.07, 6.45) is 1.98. The summed E-state index contributed by atoms with van der Waals surface area (Å²) in [4.78, 5) is 17.1. The number of aliphatic imine (C=N–C) groups is 1. The van der Waals surface area contributed by atoms with Crippen LogP contribution in [0.4, 0.5) is 0 Å². The molecule has 1 unspecified atom stereocenters. The zero-order valence-corrected chi connectivity index (χ0v) is 16.1. The summed E-state index contributed by atoms with van der Waals surface area (Å²) in [5, 5.41) is 14.2. The van der Waals surface area contributed by atoms with Gasteiger partial charge in [0.15, 0.2) is 6.23 Å². The Morgan fingerprint density at radius 3 is 2.77 bits per heavy atom. The molecule has 1 aliphatic rings. The Hall–Kier alpha value is -2.40. The molecule has 1 aromatic carbocycles. The Morgan fingerprint density at radius 1 is 1.38 bits per heavy atom. The number of hydrogen-bond donors (Lipinski definition) is 2. The Labute approximate surface area is 154 Å². The van der Waals surface area contributed by atoms with Crippen LogP contribution in [-0.2, 0) is 7.05 Å². The van der Waals surface area contributed by atoms with Gasteiger partial charge in [-0.1, -0.05) is 31.6 Å². The van der Waals surface area contributed by atoms with E-state index in [1.807, 2.05) is 37.6 Å². The number of aryl methyl sites for hydroxylation is 1. The van der Waals surface area contributed by atoms with Gasteiger partial charge in [-0.2, -0.15) is 0 Å². The minimum atomic E-state index is -0.859. The molecule has 0 saturated heterocycles. The van der Waals surface area contributed by atoms with Gasteiger partial charge in [0.1, 0.15) is 0 Å². The molecule has 1 aromatic heterocycles. The van der Waals surface area contributed by atoms with E-state index in [0.29, 0.717) is 18.0 Å². The summed E-state index contributed by atoms with van der Waals surface area (Å²) in [6.45, 7) is 8.51. The first kappa shape index (κ1) is 18.4. The summed E-state index contributed by atoms with van der Waals surface area (Å²) < 4.78 is 2.02. The summed E-state index contributed by atoms with van der Waals surface area (Å²) >= 11 is 0. The van der Waals surface area contributed by atoms with E-state index in [-0.39, 0.29) is 5.91 Å². The Kier molecular flexibility index (Phi) is 5.01. The van der Waals surface area contributed by atoms with Crippen LogP contribution in [0.1, 0.15) is 56.0 Å². The highest BCUT2D eigenvalue weighted by Gasteiger charge is 2.21. The van der Waals surface area contributed by atoms with E-state index in [4.69, 9.17) is 0 Å². The van der Waals surface area contributed by atoms with E-state index >= 15 is 0 Å². The lowest BCUT2D eigenvalue weighted by Gasteiger charge is -2.21. The summed E-state index contributed by atoms with van der Waals surface area (Å²) in [6, 6.07) is 5.84. The van der Waals surface area contributed by atoms with Crippen LogP contribution in [0.3, 0.4) is 0 Å². The van der Waals surface area contributed by atoms with Gasteiger partial charge in [0.25, 0.3) is 5.91 Å². The topological polar surface area (TPSA) is 66.6 Å². The summed E-state index contributed by atoms with van der Waals surface area (Å²) in [7, 11) is 1.97. The van der Waals surface area contributed by atoms with E-state index in [1.54, 1.807) is 0 Å². The summed E-state index contributed by atoms with van der Waals surface area (Å²) in [5.41, 5.74) is 5.61. The molecular formula is C21H27N3O2. The van der Waals surface area contributed by atoms with Gasteiger partial charge < -0.3 is 15.0 Å². The number of hydrogen-bond acceptors (Lipinski definition) is 3. The molecule has 5 nitrogen and oxygen atoms in total. The molecular weight excluding hydrogens is 326 g/mol. The van der Waals surface area contributed by atoms with Gasteiger partial charge in [-0.3, -0.25) is 9.79 Å². The smallest absolute Gasteiger partial charge is 0.253 e. The third-order valence-electron chi connectivity index (χ3n) is 5.06. The van der Waals surface area contributed by atoms with Gasteiger partial charge in [0.05, 0.1) is 11.1 Å². The number of aromatic nitrogens is 1. The fourth-order valence-electron chi connectivity index (χ4n) is 3.71. The maximum Gasteiger partial charge on any atom is 0.253 e. The molecule has 0 spiro atoms. The lowest BCUT2D eigenvalue weighted by atomic mass is 9.99.